The van der Waals surface area contributed by atoms with Crippen LogP contribution in [0.4, 0.5) is 11.5 Å². The maximum Gasteiger partial charge on any atom is 0.363 e. The van der Waals surface area contributed by atoms with Crippen LogP contribution >= 0.6 is 0 Å². The van der Waals surface area contributed by atoms with Crippen LogP contribution in [-0.4, -0.2) is 62.3 Å². The second-order valence-corrected chi connectivity index (χ2v) is 10.6. The summed E-state index contributed by atoms with van der Waals surface area (Å²) in [7, 11) is 1.72. The molecule has 210 valence electrons. The summed E-state index contributed by atoms with van der Waals surface area (Å²) < 4.78 is 15.3. The van der Waals surface area contributed by atoms with E-state index in [2.05, 4.69) is 15.2 Å². The van der Waals surface area contributed by atoms with Gasteiger partial charge in [0, 0.05) is 45.5 Å². The number of pyridine rings is 1. The third kappa shape index (κ3) is 4.81. The van der Waals surface area contributed by atoms with Gasteiger partial charge in [-0.05, 0) is 47.4 Å². The highest BCUT2D eigenvalue weighted by molar-refractivity contribution is 6.00. The first kappa shape index (κ1) is 26.0. The van der Waals surface area contributed by atoms with Gasteiger partial charge in [-0.3, -0.25) is 24.0 Å². The van der Waals surface area contributed by atoms with Crippen molar-refractivity contribution in [2.75, 3.05) is 18.0 Å². The Hall–Kier alpha value is -4.26. The van der Waals surface area contributed by atoms with Gasteiger partial charge < -0.3 is 24.5 Å². The quantitative estimate of drug-likeness (QED) is 0.265. The van der Waals surface area contributed by atoms with Crippen LogP contribution in [-0.2, 0) is 21.4 Å². The van der Waals surface area contributed by atoms with Gasteiger partial charge >= 0.3 is 11.5 Å². The fourth-order valence-corrected chi connectivity index (χ4v) is 5.88. The van der Waals surface area contributed by atoms with Crippen LogP contribution in [0, 0.1) is 10.1 Å². The second-order valence-electron chi connectivity index (χ2n) is 10.6. The van der Waals surface area contributed by atoms with Crippen LogP contribution < -0.4 is 20.6 Å². The molecule has 6 rings (SSSR count). The second kappa shape index (κ2) is 10.4. The molecule has 2 saturated heterocycles. The molecule has 2 aromatic heterocycles. The van der Waals surface area contributed by atoms with Crippen molar-refractivity contribution >= 4 is 34.4 Å². The van der Waals surface area contributed by atoms with Gasteiger partial charge in [0.05, 0.1) is 28.9 Å². The van der Waals surface area contributed by atoms with E-state index in [-0.39, 0.29) is 42.1 Å². The monoisotopic (exact) mass is 550 g/mol. The van der Waals surface area contributed by atoms with Gasteiger partial charge in [-0.2, -0.15) is 0 Å². The molecule has 1 N–H and O–H groups in total. The molecule has 2 amide bonds. The number of carbonyl (C=O) groups excluding carboxylic acids is 2. The lowest BCUT2D eigenvalue weighted by Crippen LogP contribution is -2.44. The van der Waals surface area contributed by atoms with Crippen molar-refractivity contribution in [3.05, 3.63) is 57.1 Å². The first-order chi connectivity index (χ1) is 19.3. The highest BCUT2D eigenvalue weighted by atomic mass is 16.6. The molecular formula is C27H30N6O7. The smallest absolute Gasteiger partial charge is 0.363 e. The number of rotatable bonds is 7. The Morgan fingerprint density at radius 2 is 1.80 bits per heavy atom. The van der Waals surface area contributed by atoms with Gasteiger partial charge in [0.2, 0.25) is 11.8 Å². The number of fused-ring (bicyclic) bond motifs is 1. The number of piperidine rings is 2. The Bertz CT molecular complexity index is 1520. The Morgan fingerprint density at radius 3 is 2.48 bits per heavy atom. The lowest BCUT2D eigenvalue weighted by Gasteiger charge is -2.40. The van der Waals surface area contributed by atoms with E-state index in [9.17, 15) is 24.5 Å². The number of anilines is 1. The van der Waals surface area contributed by atoms with Gasteiger partial charge in [-0.15, -0.1) is 0 Å². The maximum absolute atomic E-state index is 13.2. The number of nitro groups is 1. The fourth-order valence-electron chi connectivity index (χ4n) is 5.88. The van der Waals surface area contributed by atoms with Crippen molar-refractivity contribution in [2.24, 2.45) is 7.05 Å². The molecule has 1 atom stereocenters. The SMILES string of the molecule is Cn1c(=O)n(C2CCC(=O)NC2=O)c2cccc(N3CCC(OC4CC(Oc5ccc([N+](=O)[O-])nc5)C4)CC3)c21. The number of nitrogens with zero attached hydrogens (tertiary/aromatic N) is 5. The summed E-state index contributed by atoms with van der Waals surface area (Å²) in [6.07, 6.45) is 5.30. The number of hydrogen-bond acceptors (Lipinski definition) is 9. The number of aromatic nitrogens is 3. The largest absolute Gasteiger partial charge is 0.486 e. The number of para-hydroxylation sites is 1. The first-order valence-electron chi connectivity index (χ1n) is 13.5. The number of imide groups is 1. The van der Waals surface area contributed by atoms with Crippen LogP contribution in [0.3, 0.4) is 0 Å². The van der Waals surface area contributed by atoms with Crippen molar-refractivity contribution < 1.29 is 24.0 Å². The van der Waals surface area contributed by atoms with E-state index in [4.69, 9.17) is 9.47 Å². The van der Waals surface area contributed by atoms with Crippen molar-refractivity contribution in [1.82, 2.24) is 19.4 Å². The Balaban J connectivity index is 1.06. The molecule has 1 aromatic carbocycles. The van der Waals surface area contributed by atoms with E-state index in [1.165, 1.54) is 16.8 Å². The predicted molar refractivity (Wildman–Crippen MR) is 143 cm³/mol. The van der Waals surface area contributed by atoms with E-state index in [0.717, 1.165) is 50.0 Å². The molecule has 3 aliphatic rings. The Kier molecular flexibility index (Phi) is 6.74. The van der Waals surface area contributed by atoms with Crippen LogP contribution in [0.5, 0.6) is 5.75 Å². The molecule has 1 unspecified atom stereocenters. The number of aryl methyl sites for hydroxylation is 1. The molecule has 1 saturated carbocycles. The summed E-state index contributed by atoms with van der Waals surface area (Å²) in [5.41, 5.74) is 2.12. The van der Waals surface area contributed by atoms with E-state index < -0.39 is 16.9 Å². The summed E-state index contributed by atoms with van der Waals surface area (Å²) in [4.78, 5) is 53.6. The van der Waals surface area contributed by atoms with Crippen molar-refractivity contribution in [2.45, 2.75) is 62.9 Å². The van der Waals surface area contributed by atoms with Crippen molar-refractivity contribution in [3.8, 4) is 5.75 Å². The zero-order valence-electron chi connectivity index (χ0n) is 22.0. The summed E-state index contributed by atoms with van der Waals surface area (Å²) in [5, 5.41) is 13.1. The number of imidazole rings is 1. The van der Waals surface area contributed by atoms with E-state index in [1.807, 2.05) is 18.2 Å². The molecule has 0 spiro atoms. The van der Waals surface area contributed by atoms with Crippen LogP contribution in [0.15, 0.2) is 41.3 Å². The molecule has 40 heavy (non-hydrogen) atoms. The van der Waals surface area contributed by atoms with Crippen LogP contribution in [0.1, 0.15) is 44.6 Å². The molecule has 13 nitrogen and oxygen atoms in total. The topological polar surface area (TPSA) is 151 Å². The summed E-state index contributed by atoms with van der Waals surface area (Å²) >= 11 is 0. The molecule has 4 heterocycles. The van der Waals surface area contributed by atoms with Gasteiger partial charge in [-0.1, -0.05) is 6.07 Å². The van der Waals surface area contributed by atoms with Crippen LogP contribution in [0.2, 0.25) is 0 Å². The third-order valence-electron chi connectivity index (χ3n) is 8.03. The number of hydrogen-bond donors (Lipinski definition) is 1. The zero-order valence-corrected chi connectivity index (χ0v) is 22.0. The maximum atomic E-state index is 13.2. The first-order valence-corrected chi connectivity index (χ1v) is 13.5. The van der Waals surface area contributed by atoms with Crippen LogP contribution in [0.25, 0.3) is 11.0 Å². The molecule has 3 aromatic rings. The van der Waals surface area contributed by atoms with Gasteiger partial charge in [-0.25, -0.2) is 4.79 Å². The molecule has 0 radical (unpaired) electrons. The zero-order chi connectivity index (χ0) is 28.0. The average Bonchev–Trinajstić information content (AvgIpc) is 3.18. The number of nitrogens with one attached hydrogen (secondary N) is 1. The van der Waals surface area contributed by atoms with E-state index >= 15 is 0 Å². The van der Waals surface area contributed by atoms with Gasteiger partial charge in [0.25, 0.3) is 0 Å². The molecule has 13 heteroatoms. The van der Waals surface area contributed by atoms with E-state index in [1.54, 1.807) is 17.7 Å². The predicted octanol–water partition coefficient (Wildman–Crippen LogP) is 2.22. The highest BCUT2D eigenvalue weighted by Gasteiger charge is 2.36. The van der Waals surface area contributed by atoms with E-state index in [0.29, 0.717) is 17.7 Å². The summed E-state index contributed by atoms with van der Waals surface area (Å²) in [5.74, 6) is -0.453. The Labute approximate surface area is 228 Å². The lowest BCUT2D eigenvalue weighted by molar-refractivity contribution is -0.389. The van der Waals surface area contributed by atoms with Crippen molar-refractivity contribution in [1.29, 1.82) is 0 Å². The number of carbonyl (C=O) groups is 2. The third-order valence-corrected chi connectivity index (χ3v) is 8.03. The van der Waals surface area contributed by atoms with Crippen molar-refractivity contribution in [3.63, 3.8) is 0 Å². The molecule has 3 fully saturated rings. The average molecular weight is 551 g/mol. The standard InChI is InChI=1S/C27H30N6O7/c1-30-25-20(3-2-4-21(25)32(27(30)36)22-6-8-24(34)29-26(22)35)31-11-9-16(10-12-31)39-18-13-19(14-18)40-17-5-7-23(28-15-17)33(37)38/h2-5,7,15-16,18-19,22H,6,8-14H2,1H3,(H,29,34,35). The molecule has 1 aliphatic carbocycles. The van der Waals surface area contributed by atoms with Gasteiger partial charge in [0.15, 0.2) is 11.9 Å². The fraction of sp³-hybridized carbons (Fsp3) is 0.481. The normalized spacial score (nSPS) is 23.6. The molecule has 2 aliphatic heterocycles. The highest BCUT2D eigenvalue weighted by Crippen LogP contribution is 2.34. The number of ether oxygens (including phenoxy) is 2. The number of benzene rings is 1. The summed E-state index contributed by atoms with van der Waals surface area (Å²) in [6, 6.07) is 7.93. The minimum absolute atomic E-state index is 0.000591. The lowest BCUT2D eigenvalue weighted by atomic mass is 9.91. The van der Waals surface area contributed by atoms with Gasteiger partial charge in [0.1, 0.15) is 12.1 Å². The minimum Gasteiger partial charge on any atom is -0.486 e. The Morgan fingerprint density at radius 1 is 1.02 bits per heavy atom. The number of amides is 2. The molecular weight excluding hydrogens is 520 g/mol. The molecule has 0 bridgehead atoms. The summed E-state index contributed by atoms with van der Waals surface area (Å²) in [6.45, 7) is 1.53. The minimum atomic E-state index is -0.713.